The first-order chi connectivity index (χ1) is 34.5. The molecule has 3 N–H and O–H groups in total. The van der Waals surface area contributed by atoms with Crippen molar-refractivity contribution in [2.75, 3.05) is 40.9 Å². The van der Waals surface area contributed by atoms with E-state index in [9.17, 15) is 19.4 Å². The van der Waals surface area contributed by atoms with Gasteiger partial charge in [-0.3, -0.25) is 13.8 Å². The lowest BCUT2D eigenvalue weighted by Gasteiger charge is -2.25. The van der Waals surface area contributed by atoms with Crippen LogP contribution in [0, 0.1) is 0 Å². The molecule has 71 heavy (non-hydrogen) atoms. The zero-order valence-electron chi connectivity index (χ0n) is 47.5. The van der Waals surface area contributed by atoms with E-state index in [0.29, 0.717) is 17.4 Å². The SMILES string of the molecule is CCCCCCC/C=C\C/C=C\CCCCCCCCCCCCCC(=O)NC(COP(=O)(O)OCC[N+](C)(C)C)C(O)/C=C/CC/C=C/CC/C=C/CCCCCCCCCCCCCCCCCC. The molecule has 3 unspecified atom stereocenters. The van der Waals surface area contributed by atoms with E-state index in [1.54, 1.807) is 6.08 Å². The molecular weight excluding hydrogens is 900 g/mol. The Bertz CT molecular complexity index is 1340. The highest BCUT2D eigenvalue weighted by Crippen LogP contribution is 2.43. The molecule has 0 aromatic carbocycles. The molecule has 8 nitrogen and oxygen atoms in total. The molecule has 0 saturated heterocycles. The lowest BCUT2D eigenvalue weighted by molar-refractivity contribution is -0.870. The van der Waals surface area contributed by atoms with Crippen molar-refractivity contribution in [2.24, 2.45) is 0 Å². The number of phosphoric ester groups is 1. The molecule has 0 radical (unpaired) electrons. The van der Waals surface area contributed by atoms with Gasteiger partial charge in [0.05, 0.1) is 39.9 Å². The number of aliphatic hydroxyl groups excluding tert-OH is 1. The minimum atomic E-state index is -4.36. The largest absolute Gasteiger partial charge is 0.472 e. The first-order valence-electron chi connectivity index (χ1n) is 30.2. The molecule has 0 bridgehead atoms. The van der Waals surface area contributed by atoms with Crippen molar-refractivity contribution in [3.05, 3.63) is 60.8 Å². The molecule has 0 aliphatic rings. The van der Waals surface area contributed by atoms with Gasteiger partial charge >= 0.3 is 7.82 Å². The third-order valence-corrected chi connectivity index (χ3v) is 14.4. The normalized spacial score (nSPS) is 14.3. The van der Waals surface area contributed by atoms with Crippen molar-refractivity contribution in [1.82, 2.24) is 5.32 Å². The molecule has 1 amide bonds. The maximum absolute atomic E-state index is 13.0. The van der Waals surface area contributed by atoms with Gasteiger partial charge in [-0.25, -0.2) is 4.57 Å². The number of hydrogen-bond acceptors (Lipinski definition) is 5. The van der Waals surface area contributed by atoms with Crippen LogP contribution >= 0.6 is 7.82 Å². The zero-order chi connectivity index (χ0) is 52.0. The summed E-state index contributed by atoms with van der Waals surface area (Å²) in [6, 6.07) is -0.874. The van der Waals surface area contributed by atoms with Crippen LogP contribution in [0.3, 0.4) is 0 Å². The minimum Gasteiger partial charge on any atom is -0.387 e. The van der Waals surface area contributed by atoms with Crippen molar-refractivity contribution in [1.29, 1.82) is 0 Å². The number of phosphoric acid groups is 1. The Balaban J connectivity index is 4.27. The fourth-order valence-corrected chi connectivity index (χ4v) is 9.43. The fourth-order valence-electron chi connectivity index (χ4n) is 8.69. The van der Waals surface area contributed by atoms with E-state index in [2.05, 4.69) is 67.8 Å². The summed E-state index contributed by atoms with van der Waals surface area (Å²) in [4.78, 5) is 23.3. The van der Waals surface area contributed by atoms with Crippen molar-refractivity contribution in [3.8, 4) is 0 Å². The second-order valence-corrected chi connectivity index (χ2v) is 23.2. The lowest BCUT2D eigenvalue weighted by Crippen LogP contribution is -2.45. The second-order valence-electron chi connectivity index (χ2n) is 21.7. The number of unbranched alkanes of at least 4 members (excludes halogenated alkanes) is 34. The number of amides is 1. The van der Waals surface area contributed by atoms with E-state index in [-0.39, 0.29) is 19.1 Å². The number of carbonyl (C=O) groups is 1. The van der Waals surface area contributed by atoms with Crippen LogP contribution in [0.4, 0.5) is 0 Å². The quantitative estimate of drug-likeness (QED) is 0.0243. The van der Waals surface area contributed by atoms with Crippen LogP contribution in [0.5, 0.6) is 0 Å². The van der Waals surface area contributed by atoms with Gasteiger partial charge < -0.3 is 19.8 Å². The van der Waals surface area contributed by atoms with Gasteiger partial charge in [-0.15, -0.1) is 0 Å². The van der Waals surface area contributed by atoms with Crippen LogP contribution in [0.15, 0.2) is 60.8 Å². The fraction of sp³-hybridized carbons (Fsp3) is 0.823. The van der Waals surface area contributed by atoms with Crippen molar-refractivity contribution >= 4 is 13.7 Å². The molecular formula is C62H118N2O6P+. The van der Waals surface area contributed by atoms with Gasteiger partial charge in [-0.05, 0) is 77.0 Å². The van der Waals surface area contributed by atoms with Gasteiger partial charge in [0, 0.05) is 6.42 Å². The van der Waals surface area contributed by atoms with Crippen LogP contribution in [-0.2, 0) is 18.4 Å². The number of allylic oxidation sites excluding steroid dienone is 9. The first kappa shape index (κ1) is 69.2. The lowest BCUT2D eigenvalue weighted by atomic mass is 10.0. The van der Waals surface area contributed by atoms with Crippen molar-refractivity contribution in [3.63, 3.8) is 0 Å². The predicted octanol–water partition coefficient (Wildman–Crippen LogP) is 18.5. The van der Waals surface area contributed by atoms with Gasteiger partial charge in [0.1, 0.15) is 13.2 Å². The van der Waals surface area contributed by atoms with E-state index in [4.69, 9.17) is 9.05 Å². The summed E-state index contributed by atoms with van der Waals surface area (Å²) in [6.45, 7) is 4.80. The maximum atomic E-state index is 13.0. The van der Waals surface area contributed by atoms with E-state index in [0.717, 1.165) is 51.4 Å². The third kappa shape index (κ3) is 55.8. The van der Waals surface area contributed by atoms with Crippen LogP contribution < -0.4 is 5.32 Å². The van der Waals surface area contributed by atoms with E-state index in [1.807, 2.05) is 27.2 Å². The number of aliphatic hydroxyl groups is 1. The molecule has 0 aromatic heterocycles. The van der Waals surface area contributed by atoms with Crippen LogP contribution in [0.2, 0.25) is 0 Å². The number of hydrogen-bond donors (Lipinski definition) is 3. The number of likely N-dealkylation sites (N-methyl/N-ethyl adjacent to an activating group) is 1. The first-order valence-corrected chi connectivity index (χ1v) is 31.7. The summed E-state index contributed by atoms with van der Waals surface area (Å²) in [5, 5.41) is 13.9. The average molecular weight is 1020 g/mol. The van der Waals surface area contributed by atoms with Crippen LogP contribution in [-0.4, -0.2) is 73.4 Å². The van der Waals surface area contributed by atoms with Crippen molar-refractivity contribution in [2.45, 2.75) is 289 Å². The summed E-state index contributed by atoms with van der Waals surface area (Å²) >= 11 is 0. The highest BCUT2D eigenvalue weighted by atomic mass is 31.2. The summed E-state index contributed by atoms with van der Waals surface area (Å²) in [7, 11) is 1.55. The van der Waals surface area contributed by atoms with Crippen molar-refractivity contribution < 1.29 is 32.9 Å². The topological polar surface area (TPSA) is 105 Å². The molecule has 0 rings (SSSR count). The van der Waals surface area contributed by atoms with Gasteiger partial charge in [0.15, 0.2) is 0 Å². The second kappa shape index (κ2) is 53.0. The number of rotatable bonds is 55. The van der Waals surface area contributed by atoms with Crippen LogP contribution in [0.1, 0.15) is 277 Å². The summed E-state index contributed by atoms with van der Waals surface area (Å²) in [5.41, 5.74) is 0. The number of quaternary nitrogens is 1. The average Bonchev–Trinajstić information content (AvgIpc) is 3.33. The molecule has 0 heterocycles. The highest BCUT2D eigenvalue weighted by Gasteiger charge is 2.27. The van der Waals surface area contributed by atoms with E-state index >= 15 is 0 Å². The number of carbonyl (C=O) groups excluding carboxylic acids is 1. The maximum Gasteiger partial charge on any atom is 0.472 e. The summed E-state index contributed by atoms with van der Waals surface area (Å²) < 4.78 is 23.7. The summed E-state index contributed by atoms with van der Waals surface area (Å²) in [6.07, 6.45) is 71.9. The Morgan fingerprint density at radius 2 is 0.817 bits per heavy atom. The van der Waals surface area contributed by atoms with Gasteiger partial charge in [-0.1, -0.05) is 254 Å². The Labute approximate surface area is 441 Å². The molecule has 0 aliphatic carbocycles. The van der Waals surface area contributed by atoms with E-state index < -0.39 is 20.0 Å². The Morgan fingerprint density at radius 3 is 1.21 bits per heavy atom. The Kier molecular flexibility index (Phi) is 51.7. The molecule has 3 atom stereocenters. The van der Waals surface area contributed by atoms with Gasteiger partial charge in [0.2, 0.25) is 5.91 Å². The standard InChI is InChI=1S/C62H117N2O6P/c1-6-8-10-12-14-16-18-20-22-24-26-28-30-31-32-34-35-37-39-41-43-45-47-49-51-53-55-61(65)60(59-70-71(67,68)69-58-57-64(3,4)5)63-62(66)56-54-52-50-48-46-44-42-40-38-36-33-29-27-25-23-21-19-17-15-13-11-9-7-2/h19,21,25,27,37,39,45,47,53,55,60-61,65H,6-18,20,22-24,26,28-36,38,40-44,46,48-52,54,56-59H2,1-5H3,(H-,63,66,67,68)/p+1/b21-19-,27-25-,39-37+,47-45+,55-53+. The molecule has 0 aliphatic heterocycles. The molecule has 9 heteroatoms. The predicted molar refractivity (Wildman–Crippen MR) is 309 cm³/mol. The van der Waals surface area contributed by atoms with Gasteiger partial charge in [0.25, 0.3) is 0 Å². The molecule has 0 spiro atoms. The molecule has 416 valence electrons. The van der Waals surface area contributed by atoms with Gasteiger partial charge in [-0.2, -0.15) is 0 Å². The van der Waals surface area contributed by atoms with E-state index in [1.165, 1.54) is 205 Å². The molecule has 0 fully saturated rings. The third-order valence-electron chi connectivity index (χ3n) is 13.4. The number of nitrogens with one attached hydrogen (secondary N) is 1. The van der Waals surface area contributed by atoms with Crippen LogP contribution in [0.25, 0.3) is 0 Å². The monoisotopic (exact) mass is 1020 g/mol. The molecule has 0 saturated carbocycles. The Morgan fingerprint density at radius 1 is 0.479 bits per heavy atom. The minimum absolute atomic E-state index is 0.0517. The Hall–Kier alpha value is -1.80. The number of nitrogens with zero attached hydrogens (tertiary/aromatic N) is 1. The summed E-state index contributed by atoms with van der Waals surface area (Å²) in [5.74, 6) is -0.192. The highest BCUT2D eigenvalue weighted by molar-refractivity contribution is 7.47. The zero-order valence-corrected chi connectivity index (χ0v) is 48.4. The molecule has 0 aromatic rings. The smallest absolute Gasteiger partial charge is 0.387 e.